The Bertz CT molecular complexity index is 408. The number of anilines is 1. The quantitative estimate of drug-likeness (QED) is 0.683. The summed E-state index contributed by atoms with van der Waals surface area (Å²) in [7, 11) is 0. The minimum atomic E-state index is -0.450. The number of Topliss-reactive ketones (excluding diaryl/α,β-unsaturated/α-hetero) is 1. The van der Waals surface area contributed by atoms with Gasteiger partial charge < -0.3 is 5.73 Å². The number of rotatable bonds is 2. The molecule has 0 fully saturated rings. The van der Waals surface area contributed by atoms with Crippen molar-refractivity contribution in [2.75, 3.05) is 0 Å². The van der Waals surface area contributed by atoms with Gasteiger partial charge in [0.05, 0.1) is 17.2 Å². The van der Waals surface area contributed by atoms with Crippen LogP contribution >= 0.6 is 0 Å². The maximum Gasteiger partial charge on any atom is 0.192 e. The summed E-state index contributed by atoms with van der Waals surface area (Å²) in [5.74, 6) is -0.0255. The molecule has 1 atom stereocenters. The third-order valence-corrected chi connectivity index (χ3v) is 2.27. The summed E-state index contributed by atoms with van der Waals surface area (Å²) < 4.78 is 0. The van der Waals surface area contributed by atoms with Crippen LogP contribution in [0.1, 0.15) is 12.5 Å². The highest BCUT2D eigenvalue weighted by molar-refractivity contribution is 6.24. The number of benzene rings is 1. The molecule has 14 heavy (non-hydrogen) atoms. The number of hydrogen-bond acceptors (Lipinski definition) is 3. The zero-order valence-electron chi connectivity index (χ0n) is 7.95. The number of hydrogen-bond donors (Lipinski definition) is 2. The molecule has 1 aromatic rings. The Kier molecular flexibility index (Phi) is 2.19. The van der Waals surface area contributed by atoms with Crippen LogP contribution in [0.2, 0.25) is 0 Å². The Balaban J connectivity index is 2.38. The van der Waals surface area contributed by atoms with E-state index in [1.165, 1.54) is 0 Å². The number of nitrogens with two attached hydrogens (primary N) is 1. The van der Waals surface area contributed by atoms with Crippen LogP contribution in [-0.2, 0) is 4.79 Å². The van der Waals surface area contributed by atoms with Crippen molar-refractivity contribution in [2.45, 2.75) is 13.0 Å². The minimum Gasteiger partial charge on any atom is -0.321 e. The molecule has 3 heteroatoms. The molecule has 0 unspecified atom stereocenters. The lowest BCUT2D eigenvalue weighted by Crippen LogP contribution is -2.69. The van der Waals surface area contributed by atoms with Crippen LogP contribution in [0.3, 0.4) is 0 Å². The molecule has 0 aliphatic carbocycles. The molecule has 2 rings (SSSR count). The van der Waals surface area contributed by atoms with Crippen molar-refractivity contribution in [3.05, 3.63) is 36.0 Å². The molecule has 0 saturated heterocycles. The zero-order chi connectivity index (χ0) is 10.1. The smallest absolute Gasteiger partial charge is 0.192 e. The Morgan fingerprint density at radius 3 is 2.86 bits per heavy atom. The van der Waals surface area contributed by atoms with Crippen LogP contribution in [0, 0.1) is 0 Å². The van der Waals surface area contributed by atoms with Crippen LogP contribution in [0.15, 0.2) is 30.5 Å². The van der Waals surface area contributed by atoms with E-state index in [-0.39, 0.29) is 5.78 Å². The molecule has 3 N–H and O–H groups in total. The van der Waals surface area contributed by atoms with Gasteiger partial charge in [-0.3, -0.25) is 4.79 Å². The van der Waals surface area contributed by atoms with Crippen molar-refractivity contribution in [1.82, 2.24) is 0 Å². The minimum absolute atomic E-state index is 0.0255. The third-order valence-electron chi connectivity index (χ3n) is 2.27. The normalized spacial score (nSPS) is 16.0. The summed E-state index contributed by atoms with van der Waals surface area (Å²) in [5, 5.41) is 3.05. The van der Waals surface area contributed by atoms with Crippen molar-refractivity contribution >= 4 is 17.0 Å². The molecule has 1 radical (unpaired) electrons. The molecular formula is C11H12N2O+. The predicted octanol–water partition coefficient (Wildman–Crippen LogP) is -0.0619. The summed E-state index contributed by atoms with van der Waals surface area (Å²) in [5.41, 5.74) is 8.14. The van der Waals surface area contributed by atoms with Gasteiger partial charge in [0.15, 0.2) is 17.7 Å². The highest BCUT2D eigenvalue weighted by atomic mass is 16.1. The van der Waals surface area contributed by atoms with E-state index in [1.807, 2.05) is 24.3 Å². The van der Waals surface area contributed by atoms with E-state index in [1.54, 1.807) is 13.1 Å². The highest BCUT2D eigenvalue weighted by Crippen LogP contribution is 2.24. The molecule has 0 saturated carbocycles. The van der Waals surface area contributed by atoms with Crippen molar-refractivity contribution in [3.63, 3.8) is 0 Å². The Morgan fingerprint density at radius 1 is 1.43 bits per heavy atom. The molecule has 3 nitrogen and oxygen atoms in total. The number of nitrogens with one attached hydrogen (secondary N) is 1. The average Bonchev–Trinajstić information content (AvgIpc) is 2.60. The molecule has 1 heterocycles. The SMILES string of the molecule is C[C@H](N)C(=O)C1=C[NH+]c2ccccc21. The number of para-hydroxylation sites is 1. The number of ketones is 1. The van der Waals surface area contributed by atoms with Crippen LogP contribution < -0.4 is 11.1 Å². The van der Waals surface area contributed by atoms with E-state index in [9.17, 15) is 4.79 Å². The molecule has 1 aromatic carbocycles. The summed E-state index contributed by atoms with van der Waals surface area (Å²) in [4.78, 5) is 11.7. The standard InChI is InChI=1S/C11H12N2O/c1-7(12)11(14)9-6-13-10-5-3-2-4-8(9)10/h2-7,13H,12H2,1H3/q+1/t7-/m0/s1. The van der Waals surface area contributed by atoms with E-state index >= 15 is 0 Å². The number of fused-ring (bicyclic) bond motifs is 1. The van der Waals surface area contributed by atoms with Gasteiger partial charge in [-0.2, -0.15) is 0 Å². The fourth-order valence-corrected chi connectivity index (χ4v) is 1.52. The molecule has 0 bridgehead atoms. The van der Waals surface area contributed by atoms with Crippen molar-refractivity contribution < 1.29 is 10.1 Å². The van der Waals surface area contributed by atoms with E-state index in [4.69, 9.17) is 5.73 Å². The largest absolute Gasteiger partial charge is 0.321 e. The zero-order valence-corrected chi connectivity index (χ0v) is 7.95. The third kappa shape index (κ3) is 1.36. The van der Waals surface area contributed by atoms with E-state index < -0.39 is 6.04 Å². The molecule has 1 aliphatic rings. The first-order valence-electron chi connectivity index (χ1n) is 4.56. The van der Waals surface area contributed by atoms with Gasteiger partial charge in [-0.25, -0.2) is 0 Å². The fraction of sp³-hybridized carbons (Fsp3) is 0.182. The summed E-state index contributed by atoms with van der Waals surface area (Å²) in [6.45, 7) is 1.70. The van der Waals surface area contributed by atoms with Gasteiger partial charge in [-0.1, -0.05) is 12.1 Å². The van der Waals surface area contributed by atoms with Gasteiger partial charge >= 0.3 is 0 Å². The topological polar surface area (TPSA) is 58.7 Å². The fourth-order valence-electron chi connectivity index (χ4n) is 1.52. The lowest BCUT2D eigenvalue weighted by atomic mass is 10.00. The molecule has 71 valence electrons. The lowest BCUT2D eigenvalue weighted by Gasteiger charge is -2.03. The number of carbonyl (C=O) groups is 1. The first-order chi connectivity index (χ1) is 6.70. The summed E-state index contributed by atoms with van der Waals surface area (Å²) in [6.07, 6.45) is 1.72. The molecule has 0 spiro atoms. The Morgan fingerprint density at radius 2 is 2.14 bits per heavy atom. The second-order valence-corrected chi connectivity index (χ2v) is 3.40. The number of carbonyl (C=O) groups excluding carboxylic acids is 1. The second-order valence-electron chi connectivity index (χ2n) is 3.40. The first-order valence-corrected chi connectivity index (χ1v) is 4.56. The lowest BCUT2D eigenvalue weighted by molar-refractivity contribution is -0.491. The monoisotopic (exact) mass is 188 g/mol. The van der Waals surface area contributed by atoms with Gasteiger partial charge in [0.25, 0.3) is 0 Å². The van der Waals surface area contributed by atoms with Crippen LogP contribution in [0.5, 0.6) is 0 Å². The van der Waals surface area contributed by atoms with Gasteiger partial charge in [0.2, 0.25) is 0 Å². The molecule has 1 aliphatic heterocycles. The Labute approximate surface area is 82.6 Å². The van der Waals surface area contributed by atoms with E-state index in [0.29, 0.717) is 5.57 Å². The summed E-state index contributed by atoms with van der Waals surface area (Å²) in [6, 6.07) is 7.25. The predicted molar refractivity (Wildman–Crippen MR) is 53.7 cm³/mol. The van der Waals surface area contributed by atoms with E-state index in [2.05, 4.69) is 5.32 Å². The molecule has 0 amide bonds. The maximum absolute atomic E-state index is 11.7. The van der Waals surface area contributed by atoms with Crippen LogP contribution in [0.4, 0.5) is 5.69 Å². The van der Waals surface area contributed by atoms with Gasteiger partial charge in [-0.15, -0.1) is 5.32 Å². The van der Waals surface area contributed by atoms with Crippen LogP contribution in [0.25, 0.3) is 5.57 Å². The maximum atomic E-state index is 11.7. The molecular weight excluding hydrogens is 176 g/mol. The highest BCUT2D eigenvalue weighted by Gasteiger charge is 2.27. The Hall–Kier alpha value is -1.45. The summed E-state index contributed by atoms with van der Waals surface area (Å²) >= 11 is 0. The van der Waals surface area contributed by atoms with E-state index in [0.717, 1.165) is 11.3 Å². The first kappa shape index (κ1) is 9.12. The van der Waals surface area contributed by atoms with Gasteiger partial charge in [-0.05, 0) is 13.0 Å². The van der Waals surface area contributed by atoms with Crippen molar-refractivity contribution in [2.24, 2.45) is 5.73 Å². The molecule has 0 aromatic heterocycles. The average molecular weight is 188 g/mol. The van der Waals surface area contributed by atoms with Gasteiger partial charge in [0.1, 0.15) is 0 Å². The van der Waals surface area contributed by atoms with Crippen LogP contribution in [-0.4, -0.2) is 11.8 Å². The van der Waals surface area contributed by atoms with Crippen molar-refractivity contribution in [1.29, 1.82) is 0 Å². The van der Waals surface area contributed by atoms with Crippen molar-refractivity contribution in [3.8, 4) is 0 Å². The van der Waals surface area contributed by atoms with Gasteiger partial charge in [0, 0.05) is 6.07 Å². The second kappa shape index (κ2) is 3.36.